The lowest BCUT2D eigenvalue weighted by molar-refractivity contribution is -0.142. The molecule has 0 bridgehead atoms. The minimum atomic E-state index is -0.847. The second kappa shape index (κ2) is 5.72. The van der Waals surface area contributed by atoms with Crippen LogP contribution in [0.1, 0.15) is 38.5 Å². The van der Waals surface area contributed by atoms with Gasteiger partial charge in [-0.05, 0) is 25.0 Å². The van der Waals surface area contributed by atoms with Gasteiger partial charge in [-0.25, -0.2) is 4.79 Å². The molecule has 1 aliphatic rings. The van der Waals surface area contributed by atoms with Crippen molar-refractivity contribution in [1.29, 1.82) is 0 Å². The van der Waals surface area contributed by atoms with Crippen molar-refractivity contribution in [2.24, 2.45) is 0 Å². The Morgan fingerprint density at radius 3 is 2.52 bits per heavy atom. The van der Waals surface area contributed by atoms with Crippen LogP contribution in [-0.2, 0) is 4.79 Å². The molecule has 1 aliphatic carbocycles. The van der Waals surface area contributed by atoms with Crippen LogP contribution in [0.4, 0.5) is 5.69 Å². The number of hydrogen-bond donors (Lipinski definition) is 2. The zero-order valence-electron chi connectivity index (χ0n) is 12.0. The Kier molecular flexibility index (Phi) is 3.78. The Bertz CT molecular complexity index is 641. The summed E-state index contributed by atoms with van der Waals surface area (Å²) < 4.78 is 0. The normalized spacial score (nSPS) is 18.1. The number of fused-ring (bicyclic) bond motifs is 1. The van der Waals surface area contributed by atoms with E-state index in [4.69, 9.17) is 0 Å². The molecule has 1 saturated carbocycles. The minimum Gasteiger partial charge on any atom is -0.480 e. The zero-order valence-corrected chi connectivity index (χ0v) is 12.0. The number of aliphatic carboxylic acids is 1. The van der Waals surface area contributed by atoms with E-state index in [9.17, 15) is 9.90 Å². The summed E-state index contributed by atoms with van der Waals surface area (Å²) in [5.41, 5.74) is 0.905. The molecule has 0 aliphatic heterocycles. The second-order valence-corrected chi connectivity index (χ2v) is 5.80. The maximum atomic E-state index is 11.9. The third-order valence-corrected chi connectivity index (χ3v) is 4.39. The Hall–Kier alpha value is -2.10. The third-order valence-electron chi connectivity index (χ3n) is 4.39. The first-order valence-electron chi connectivity index (χ1n) is 7.57. The van der Waals surface area contributed by atoms with E-state index < -0.39 is 11.5 Å². The molecule has 0 saturated heterocycles. The molecule has 1 aromatic heterocycles. The highest BCUT2D eigenvalue weighted by Gasteiger charge is 2.38. The van der Waals surface area contributed by atoms with Crippen molar-refractivity contribution in [3.63, 3.8) is 0 Å². The highest BCUT2D eigenvalue weighted by atomic mass is 16.4. The first-order chi connectivity index (χ1) is 10.2. The summed E-state index contributed by atoms with van der Waals surface area (Å²) in [6.07, 6.45) is 7.25. The molecule has 2 N–H and O–H groups in total. The summed E-state index contributed by atoms with van der Waals surface area (Å²) in [5, 5.41) is 14.1. The van der Waals surface area contributed by atoms with Gasteiger partial charge in [0.25, 0.3) is 0 Å². The number of hydrogen-bond acceptors (Lipinski definition) is 3. The summed E-state index contributed by atoms with van der Waals surface area (Å²) in [7, 11) is 0. The van der Waals surface area contributed by atoms with E-state index in [1.54, 1.807) is 6.20 Å². The van der Waals surface area contributed by atoms with Crippen molar-refractivity contribution >= 4 is 22.6 Å². The van der Waals surface area contributed by atoms with Crippen LogP contribution in [0.3, 0.4) is 0 Å². The van der Waals surface area contributed by atoms with Crippen LogP contribution in [0.5, 0.6) is 0 Å². The van der Waals surface area contributed by atoms with Crippen molar-refractivity contribution in [3.8, 4) is 0 Å². The highest BCUT2D eigenvalue weighted by Crippen LogP contribution is 2.33. The van der Waals surface area contributed by atoms with E-state index in [0.717, 1.165) is 42.3 Å². The van der Waals surface area contributed by atoms with Gasteiger partial charge < -0.3 is 10.4 Å². The molecule has 1 heterocycles. The molecule has 2 aromatic rings. The average Bonchev–Trinajstić information content (AvgIpc) is 2.74. The number of pyridine rings is 1. The molecule has 1 aromatic carbocycles. The number of aromatic nitrogens is 1. The Balaban J connectivity index is 2.00. The molecular weight excluding hydrogens is 264 g/mol. The molecular formula is C17H20N2O2. The van der Waals surface area contributed by atoms with Crippen molar-refractivity contribution in [3.05, 3.63) is 36.5 Å². The van der Waals surface area contributed by atoms with Gasteiger partial charge in [-0.3, -0.25) is 4.98 Å². The quantitative estimate of drug-likeness (QED) is 0.841. The maximum Gasteiger partial charge on any atom is 0.329 e. The van der Waals surface area contributed by atoms with Crippen molar-refractivity contribution in [2.75, 3.05) is 5.32 Å². The van der Waals surface area contributed by atoms with Gasteiger partial charge in [-0.2, -0.15) is 0 Å². The topological polar surface area (TPSA) is 62.2 Å². The molecule has 4 heteroatoms. The van der Waals surface area contributed by atoms with E-state index >= 15 is 0 Å². The van der Waals surface area contributed by atoms with E-state index in [1.165, 1.54) is 0 Å². The smallest absolute Gasteiger partial charge is 0.329 e. The van der Waals surface area contributed by atoms with Crippen molar-refractivity contribution < 1.29 is 9.90 Å². The SMILES string of the molecule is O=C(O)C1(Nc2ccnc3ccccc23)CCCCCC1. The molecule has 21 heavy (non-hydrogen) atoms. The molecule has 0 amide bonds. The largest absolute Gasteiger partial charge is 0.480 e. The number of carboxylic acids is 1. The predicted molar refractivity (Wildman–Crippen MR) is 83.4 cm³/mol. The lowest BCUT2D eigenvalue weighted by atomic mass is 9.89. The Morgan fingerprint density at radius 2 is 1.81 bits per heavy atom. The third kappa shape index (κ3) is 2.71. The lowest BCUT2D eigenvalue weighted by Crippen LogP contribution is -2.46. The number of para-hydroxylation sites is 1. The van der Waals surface area contributed by atoms with Crippen LogP contribution in [0.25, 0.3) is 10.9 Å². The molecule has 110 valence electrons. The van der Waals surface area contributed by atoms with E-state index in [0.29, 0.717) is 12.8 Å². The maximum absolute atomic E-state index is 11.9. The average molecular weight is 284 g/mol. The first kappa shape index (κ1) is 13.9. The molecule has 4 nitrogen and oxygen atoms in total. The van der Waals surface area contributed by atoms with Gasteiger partial charge >= 0.3 is 5.97 Å². The molecule has 0 atom stereocenters. The Labute approximate surface area is 124 Å². The van der Waals surface area contributed by atoms with Gasteiger partial charge in [-0.1, -0.05) is 43.9 Å². The van der Waals surface area contributed by atoms with Crippen LogP contribution in [0, 0.1) is 0 Å². The van der Waals surface area contributed by atoms with Gasteiger partial charge in [0.2, 0.25) is 0 Å². The molecule has 0 radical (unpaired) electrons. The van der Waals surface area contributed by atoms with Gasteiger partial charge in [0.15, 0.2) is 0 Å². The van der Waals surface area contributed by atoms with Crippen LogP contribution in [-0.4, -0.2) is 21.6 Å². The van der Waals surface area contributed by atoms with Gasteiger partial charge in [0, 0.05) is 17.3 Å². The highest BCUT2D eigenvalue weighted by molar-refractivity contribution is 5.94. The number of nitrogens with one attached hydrogen (secondary N) is 1. The fourth-order valence-corrected chi connectivity index (χ4v) is 3.19. The van der Waals surface area contributed by atoms with Crippen LogP contribution in [0.2, 0.25) is 0 Å². The molecule has 1 fully saturated rings. The summed E-state index contributed by atoms with van der Waals surface area (Å²) in [4.78, 5) is 16.2. The van der Waals surface area contributed by atoms with Crippen molar-refractivity contribution in [2.45, 2.75) is 44.1 Å². The predicted octanol–water partition coefficient (Wildman–Crippen LogP) is 3.82. The van der Waals surface area contributed by atoms with E-state index in [1.807, 2.05) is 30.3 Å². The molecule has 0 unspecified atom stereocenters. The van der Waals surface area contributed by atoms with E-state index in [-0.39, 0.29) is 0 Å². The number of carboxylic acid groups (broad SMARTS) is 1. The number of anilines is 1. The van der Waals surface area contributed by atoms with Gasteiger partial charge in [0.1, 0.15) is 5.54 Å². The summed E-state index contributed by atoms with van der Waals surface area (Å²) in [6.45, 7) is 0. The fourth-order valence-electron chi connectivity index (χ4n) is 3.19. The van der Waals surface area contributed by atoms with Gasteiger partial charge in [0.05, 0.1) is 5.52 Å². The lowest BCUT2D eigenvalue weighted by Gasteiger charge is -2.31. The number of nitrogens with zero attached hydrogens (tertiary/aromatic N) is 1. The first-order valence-corrected chi connectivity index (χ1v) is 7.57. The minimum absolute atomic E-state index is 0.680. The van der Waals surface area contributed by atoms with Gasteiger partial charge in [-0.15, -0.1) is 0 Å². The molecule has 0 spiro atoms. The van der Waals surface area contributed by atoms with Crippen molar-refractivity contribution in [1.82, 2.24) is 4.98 Å². The monoisotopic (exact) mass is 284 g/mol. The molecule has 3 rings (SSSR count). The summed E-state index contributed by atoms with van der Waals surface area (Å²) in [5.74, 6) is -0.745. The zero-order chi connectivity index (χ0) is 14.7. The van der Waals surface area contributed by atoms with Crippen LogP contribution < -0.4 is 5.32 Å². The standard InChI is InChI=1S/C17H20N2O2/c20-16(21)17(10-5-1-2-6-11-17)19-15-9-12-18-14-8-4-3-7-13(14)15/h3-4,7-9,12H,1-2,5-6,10-11H2,(H,18,19)(H,20,21). The Morgan fingerprint density at radius 1 is 1.10 bits per heavy atom. The summed E-state index contributed by atoms with van der Waals surface area (Å²) >= 11 is 0. The van der Waals surface area contributed by atoms with Crippen LogP contribution in [0.15, 0.2) is 36.5 Å². The van der Waals surface area contributed by atoms with E-state index in [2.05, 4.69) is 10.3 Å². The number of carbonyl (C=O) groups is 1. The number of rotatable bonds is 3. The van der Waals surface area contributed by atoms with Crippen LogP contribution >= 0.6 is 0 Å². The second-order valence-electron chi connectivity index (χ2n) is 5.80. The number of benzene rings is 1. The fraction of sp³-hybridized carbons (Fsp3) is 0.412. The summed E-state index contributed by atoms with van der Waals surface area (Å²) in [6, 6.07) is 9.70.